The number of unbranched alkanes of at least 4 members (excludes halogenated alkanes) is 2. The highest BCUT2D eigenvalue weighted by molar-refractivity contribution is 5.87. The van der Waals surface area contributed by atoms with E-state index >= 15 is 0 Å². The van der Waals surface area contributed by atoms with Crippen molar-refractivity contribution < 1.29 is 19.4 Å². The van der Waals surface area contributed by atoms with Gasteiger partial charge in [0.05, 0.1) is 0 Å². The Bertz CT molecular complexity index is 243. The van der Waals surface area contributed by atoms with Crippen molar-refractivity contribution in [1.29, 1.82) is 0 Å². The van der Waals surface area contributed by atoms with Crippen LogP contribution in [-0.4, -0.2) is 11.9 Å². The smallest absolute Gasteiger partial charge is 0.247 e. The first-order valence-electron chi connectivity index (χ1n) is 5.20. The Morgan fingerprint density at radius 3 is 2.40 bits per heavy atom. The largest absolute Gasteiger partial charge is 0.381 e. The average molecular weight is 214 g/mol. The molecule has 86 valence electrons. The van der Waals surface area contributed by atoms with E-state index in [4.69, 9.17) is 0 Å². The fourth-order valence-electron chi connectivity index (χ4n) is 0.815. The minimum atomic E-state index is -0.604. The molecule has 0 atom stereocenters. The highest BCUT2D eigenvalue weighted by atomic mass is 17.2. The predicted octanol–water partition coefficient (Wildman–Crippen LogP) is 2.53. The van der Waals surface area contributed by atoms with E-state index in [1.165, 1.54) is 0 Å². The summed E-state index contributed by atoms with van der Waals surface area (Å²) in [7, 11) is 0. The molecule has 0 amide bonds. The van der Waals surface area contributed by atoms with Crippen LogP contribution >= 0.6 is 0 Å². The number of rotatable bonds is 5. The maximum Gasteiger partial charge on any atom is 0.381 e. The van der Waals surface area contributed by atoms with Gasteiger partial charge in [-0.25, -0.2) is 19.4 Å². The minimum Gasteiger partial charge on any atom is -0.247 e. The van der Waals surface area contributed by atoms with Crippen LogP contribution in [0.3, 0.4) is 0 Å². The van der Waals surface area contributed by atoms with Gasteiger partial charge in [0.15, 0.2) is 0 Å². The van der Waals surface area contributed by atoms with Gasteiger partial charge in [0.25, 0.3) is 0 Å². The SMILES string of the molecule is CCCC/C=C(\C)C(=O)OOC(=O)CC. The number of allylic oxidation sites excluding steroid dienone is 1. The Balaban J connectivity index is 3.88. The summed E-state index contributed by atoms with van der Waals surface area (Å²) >= 11 is 0. The van der Waals surface area contributed by atoms with Gasteiger partial charge in [-0.3, -0.25) is 0 Å². The van der Waals surface area contributed by atoms with Gasteiger partial charge >= 0.3 is 11.9 Å². The fourth-order valence-corrected chi connectivity index (χ4v) is 0.815. The Labute approximate surface area is 90.2 Å². The summed E-state index contributed by atoms with van der Waals surface area (Å²) in [6.45, 7) is 5.34. The van der Waals surface area contributed by atoms with Gasteiger partial charge in [0, 0.05) is 12.0 Å². The van der Waals surface area contributed by atoms with Gasteiger partial charge in [-0.15, -0.1) is 0 Å². The molecule has 0 radical (unpaired) electrons. The third-order valence-electron chi connectivity index (χ3n) is 1.83. The van der Waals surface area contributed by atoms with Gasteiger partial charge in [-0.2, -0.15) is 0 Å². The van der Waals surface area contributed by atoms with E-state index in [0.717, 1.165) is 19.3 Å². The van der Waals surface area contributed by atoms with Crippen LogP contribution in [0.15, 0.2) is 11.6 Å². The van der Waals surface area contributed by atoms with Crippen LogP contribution in [-0.2, 0) is 19.4 Å². The van der Waals surface area contributed by atoms with Crippen LogP contribution in [0.5, 0.6) is 0 Å². The molecule has 0 saturated heterocycles. The van der Waals surface area contributed by atoms with E-state index in [2.05, 4.69) is 16.7 Å². The van der Waals surface area contributed by atoms with Crippen molar-refractivity contribution in [2.45, 2.75) is 46.5 Å². The molecule has 0 aromatic carbocycles. The molecule has 15 heavy (non-hydrogen) atoms. The number of carbonyl (C=O) groups is 2. The Kier molecular flexibility index (Phi) is 7.32. The molecule has 0 fully saturated rings. The molecule has 0 N–H and O–H groups in total. The molecule has 0 spiro atoms. The van der Waals surface area contributed by atoms with Crippen LogP contribution in [0, 0.1) is 0 Å². The third-order valence-corrected chi connectivity index (χ3v) is 1.83. The Hall–Kier alpha value is -1.32. The van der Waals surface area contributed by atoms with Crippen molar-refractivity contribution in [3.8, 4) is 0 Å². The van der Waals surface area contributed by atoms with Crippen molar-refractivity contribution in [1.82, 2.24) is 0 Å². The van der Waals surface area contributed by atoms with Gasteiger partial charge in [-0.1, -0.05) is 32.8 Å². The molecular formula is C11H18O4. The molecule has 0 aliphatic carbocycles. The quantitative estimate of drug-likeness (QED) is 0.305. The van der Waals surface area contributed by atoms with Gasteiger partial charge in [0.1, 0.15) is 0 Å². The first kappa shape index (κ1) is 13.7. The zero-order valence-corrected chi connectivity index (χ0v) is 9.54. The maximum absolute atomic E-state index is 11.2. The van der Waals surface area contributed by atoms with Crippen molar-refractivity contribution in [3.63, 3.8) is 0 Å². The highest BCUT2D eigenvalue weighted by Gasteiger charge is 2.09. The number of hydrogen-bond donors (Lipinski definition) is 0. The second-order valence-electron chi connectivity index (χ2n) is 3.21. The lowest BCUT2D eigenvalue weighted by molar-refractivity contribution is -0.255. The van der Waals surface area contributed by atoms with Gasteiger partial charge in [0.2, 0.25) is 0 Å². The average Bonchev–Trinajstić information content (AvgIpc) is 2.25. The van der Waals surface area contributed by atoms with E-state index in [1.54, 1.807) is 19.9 Å². The molecule has 0 aromatic heterocycles. The third kappa shape index (κ3) is 6.71. The second-order valence-corrected chi connectivity index (χ2v) is 3.21. The summed E-state index contributed by atoms with van der Waals surface area (Å²) in [5.74, 6) is -1.15. The second kappa shape index (κ2) is 8.03. The molecule has 0 aliphatic heterocycles. The first-order chi connectivity index (χ1) is 7.11. The molecule has 4 nitrogen and oxygen atoms in total. The van der Waals surface area contributed by atoms with Crippen LogP contribution in [0.4, 0.5) is 0 Å². The number of carbonyl (C=O) groups excluding carboxylic acids is 2. The van der Waals surface area contributed by atoms with E-state index in [1.807, 2.05) is 0 Å². The van der Waals surface area contributed by atoms with Crippen LogP contribution in [0.1, 0.15) is 46.5 Å². The summed E-state index contributed by atoms with van der Waals surface area (Å²) < 4.78 is 0. The van der Waals surface area contributed by atoms with Crippen molar-refractivity contribution in [2.75, 3.05) is 0 Å². The zero-order valence-electron chi connectivity index (χ0n) is 9.54. The molecule has 0 aliphatic rings. The van der Waals surface area contributed by atoms with E-state index in [0.29, 0.717) is 5.57 Å². The molecule has 0 bridgehead atoms. The highest BCUT2D eigenvalue weighted by Crippen LogP contribution is 2.03. The molecule has 0 heterocycles. The topological polar surface area (TPSA) is 52.6 Å². The maximum atomic E-state index is 11.2. The molecule has 0 unspecified atom stereocenters. The molecule has 0 aromatic rings. The molecule has 0 saturated carbocycles. The van der Waals surface area contributed by atoms with E-state index < -0.39 is 11.9 Å². The van der Waals surface area contributed by atoms with Crippen LogP contribution in [0.25, 0.3) is 0 Å². The van der Waals surface area contributed by atoms with Crippen LogP contribution < -0.4 is 0 Å². The van der Waals surface area contributed by atoms with Crippen molar-refractivity contribution >= 4 is 11.9 Å². The Morgan fingerprint density at radius 1 is 1.20 bits per heavy atom. The fraction of sp³-hybridized carbons (Fsp3) is 0.636. The standard InChI is InChI=1S/C11H18O4/c1-4-6-7-8-9(3)11(13)15-14-10(12)5-2/h8H,4-7H2,1-3H3/b9-8+. The summed E-state index contributed by atoms with van der Waals surface area (Å²) in [6, 6.07) is 0. The Morgan fingerprint density at radius 2 is 1.87 bits per heavy atom. The van der Waals surface area contributed by atoms with Crippen molar-refractivity contribution in [2.24, 2.45) is 0 Å². The molecule has 4 heteroatoms. The summed E-state index contributed by atoms with van der Waals surface area (Å²) in [6.07, 6.45) is 4.90. The monoisotopic (exact) mass is 214 g/mol. The van der Waals surface area contributed by atoms with Crippen molar-refractivity contribution in [3.05, 3.63) is 11.6 Å². The lowest BCUT2D eigenvalue weighted by Gasteiger charge is -2.01. The van der Waals surface area contributed by atoms with E-state index in [9.17, 15) is 9.59 Å². The number of hydrogen-bond acceptors (Lipinski definition) is 4. The lowest BCUT2D eigenvalue weighted by Crippen LogP contribution is -2.11. The summed E-state index contributed by atoms with van der Waals surface area (Å²) in [5, 5.41) is 0. The molecular weight excluding hydrogens is 196 g/mol. The first-order valence-corrected chi connectivity index (χ1v) is 5.20. The normalized spacial score (nSPS) is 11.0. The lowest BCUT2D eigenvalue weighted by atomic mass is 10.2. The molecule has 0 rings (SSSR count). The summed E-state index contributed by atoms with van der Waals surface area (Å²) in [4.78, 5) is 30.5. The van der Waals surface area contributed by atoms with Crippen LogP contribution in [0.2, 0.25) is 0 Å². The van der Waals surface area contributed by atoms with E-state index in [-0.39, 0.29) is 6.42 Å². The van der Waals surface area contributed by atoms with Gasteiger partial charge in [-0.05, 0) is 13.3 Å². The summed E-state index contributed by atoms with van der Waals surface area (Å²) in [5.41, 5.74) is 0.465. The minimum absolute atomic E-state index is 0.186. The van der Waals surface area contributed by atoms with Gasteiger partial charge < -0.3 is 0 Å². The zero-order chi connectivity index (χ0) is 11.7. The predicted molar refractivity (Wildman–Crippen MR) is 55.8 cm³/mol.